The number of fused-ring (bicyclic) bond motifs is 1. The molecular formula is C19H21NO3S. The van der Waals surface area contributed by atoms with Crippen molar-refractivity contribution < 1.29 is 13.2 Å². The zero-order chi connectivity index (χ0) is 16.7. The largest absolute Gasteiger partial charge is 0.493 e. The molecule has 0 spiro atoms. The molecule has 1 fully saturated rings. The summed E-state index contributed by atoms with van der Waals surface area (Å²) >= 11 is 0. The third kappa shape index (κ3) is 2.94. The summed E-state index contributed by atoms with van der Waals surface area (Å²) in [6.45, 7) is 3.10. The second-order valence-electron chi connectivity index (χ2n) is 6.64. The molecule has 1 aliphatic heterocycles. The molecule has 0 unspecified atom stereocenters. The molecule has 2 aromatic rings. The van der Waals surface area contributed by atoms with E-state index in [4.69, 9.17) is 4.74 Å². The Labute approximate surface area is 143 Å². The molecule has 0 saturated heterocycles. The maximum Gasteiger partial charge on any atom is 0.243 e. The molecule has 2 aromatic carbocycles. The molecule has 24 heavy (non-hydrogen) atoms. The highest BCUT2D eigenvalue weighted by Crippen LogP contribution is 2.35. The molecule has 0 atom stereocenters. The SMILES string of the molecule is Cc1ccc(CN(C2CC2)S(=O)(=O)c2ccc3c(c2)CCO3)cc1. The molecular weight excluding hydrogens is 322 g/mol. The lowest BCUT2D eigenvalue weighted by atomic mass is 10.1. The van der Waals surface area contributed by atoms with Gasteiger partial charge in [-0.05, 0) is 49.1 Å². The molecule has 4 nitrogen and oxygen atoms in total. The predicted octanol–water partition coefficient (Wildman–Crippen LogP) is 3.28. The van der Waals surface area contributed by atoms with Crippen LogP contribution in [-0.2, 0) is 23.0 Å². The van der Waals surface area contributed by atoms with E-state index in [1.807, 2.05) is 31.2 Å². The third-order valence-corrected chi connectivity index (χ3v) is 6.58. The predicted molar refractivity (Wildman–Crippen MR) is 92.6 cm³/mol. The van der Waals surface area contributed by atoms with Gasteiger partial charge in [0, 0.05) is 19.0 Å². The monoisotopic (exact) mass is 343 g/mol. The molecule has 0 aromatic heterocycles. The molecule has 0 bridgehead atoms. The summed E-state index contributed by atoms with van der Waals surface area (Å²) in [6, 6.07) is 13.4. The molecule has 1 heterocycles. The highest BCUT2D eigenvalue weighted by atomic mass is 32.2. The number of hydrogen-bond donors (Lipinski definition) is 0. The van der Waals surface area contributed by atoms with Crippen LogP contribution in [-0.4, -0.2) is 25.4 Å². The van der Waals surface area contributed by atoms with Crippen LogP contribution in [0.5, 0.6) is 5.75 Å². The van der Waals surface area contributed by atoms with Gasteiger partial charge in [0.25, 0.3) is 0 Å². The fourth-order valence-corrected chi connectivity index (χ4v) is 4.83. The smallest absolute Gasteiger partial charge is 0.243 e. The Morgan fingerprint density at radius 3 is 2.58 bits per heavy atom. The maximum atomic E-state index is 13.2. The Balaban J connectivity index is 1.65. The molecule has 4 rings (SSSR count). The van der Waals surface area contributed by atoms with E-state index in [1.54, 1.807) is 22.5 Å². The van der Waals surface area contributed by atoms with Crippen molar-refractivity contribution in [2.45, 2.75) is 43.7 Å². The van der Waals surface area contributed by atoms with E-state index in [0.29, 0.717) is 18.0 Å². The normalized spacial score (nSPS) is 16.9. The fraction of sp³-hybridized carbons (Fsp3) is 0.368. The molecule has 0 N–H and O–H groups in total. The van der Waals surface area contributed by atoms with Gasteiger partial charge >= 0.3 is 0 Å². The number of aryl methyl sites for hydroxylation is 1. The van der Waals surface area contributed by atoms with Crippen molar-refractivity contribution in [1.29, 1.82) is 0 Å². The minimum atomic E-state index is -3.49. The van der Waals surface area contributed by atoms with E-state index in [-0.39, 0.29) is 6.04 Å². The Bertz CT molecular complexity index is 855. The Kier molecular flexibility index (Phi) is 3.85. The quantitative estimate of drug-likeness (QED) is 0.837. The first kappa shape index (κ1) is 15.7. The summed E-state index contributed by atoms with van der Waals surface area (Å²) in [5, 5.41) is 0. The lowest BCUT2D eigenvalue weighted by molar-refractivity contribution is 0.356. The van der Waals surface area contributed by atoms with Crippen molar-refractivity contribution in [2.24, 2.45) is 0 Å². The third-order valence-electron chi connectivity index (χ3n) is 4.68. The maximum absolute atomic E-state index is 13.2. The van der Waals surface area contributed by atoms with Gasteiger partial charge < -0.3 is 4.74 Å². The standard InChI is InChI=1S/C19H21NO3S/c1-14-2-4-15(5-3-14)13-20(17-6-7-17)24(21,22)18-8-9-19-16(12-18)10-11-23-19/h2-5,8-9,12,17H,6-7,10-11,13H2,1H3. The molecule has 0 amide bonds. The first-order valence-electron chi connectivity index (χ1n) is 8.37. The average molecular weight is 343 g/mol. The van der Waals surface area contributed by atoms with Crippen LogP contribution >= 0.6 is 0 Å². The van der Waals surface area contributed by atoms with E-state index in [0.717, 1.165) is 36.1 Å². The van der Waals surface area contributed by atoms with Crippen LogP contribution in [0.2, 0.25) is 0 Å². The summed E-state index contributed by atoms with van der Waals surface area (Å²) in [4.78, 5) is 0.380. The van der Waals surface area contributed by atoms with Crippen LogP contribution < -0.4 is 4.74 Å². The molecule has 2 aliphatic rings. The number of rotatable bonds is 5. The van der Waals surface area contributed by atoms with Gasteiger partial charge in [0.15, 0.2) is 0 Å². The van der Waals surface area contributed by atoms with Gasteiger partial charge in [-0.25, -0.2) is 8.42 Å². The lowest BCUT2D eigenvalue weighted by Crippen LogP contribution is -2.32. The van der Waals surface area contributed by atoms with Gasteiger partial charge in [-0.15, -0.1) is 0 Å². The van der Waals surface area contributed by atoms with Crippen molar-refractivity contribution in [2.75, 3.05) is 6.61 Å². The Morgan fingerprint density at radius 1 is 1.12 bits per heavy atom. The number of ether oxygens (including phenoxy) is 1. The topological polar surface area (TPSA) is 46.6 Å². The van der Waals surface area contributed by atoms with Crippen molar-refractivity contribution in [1.82, 2.24) is 4.31 Å². The number of benzene rings is 2. The van der Waals surface area contributed by atoms with Gasteiger partial charge in [-0.1, -0.05) is 29.8 Å². The summed E-state index contributed by atoms with van der Waals surface area (Å²) in [6.07, 6.45) is 2.67. The van der Waals surface area contributed by atoms with Crippen molar-refractivity contribution in [3.63, 3.8) is 0 Å². The van der Waals surface area contributed by atoms with Crippen LogP contribution in [0.1, 0.15) is 29.5 Å². The highest BCUT2D eigenvalue weighted by Gasteiger charge is 2.38. The van der Waals surface area contributed by atoms with Gasteiger partial charge in [0.05, 0.1) is 11.5 Å². The summed E-state index contributed by atoms with van der Waals surface area (Å²) in [5.74, 6) is 0.811. The molecule has 0 radical (unpaired) electrons. The number of sulfonamides is 1. The molecule has 1 saturated carbocycles. The summed E-state index contributed by atoms with van der Waals surface area (Å²) in [7, 11) is -3.49. The van der Waals surface area contributed by atoms with Gasteiger partial charge in [0.1, 0.15) is 5.75 Å². The molecule has 5 heteroatoms. The first-order valence-corrected chi connectivity index (χ1v) is 9.81. The van der Waals surface area contributed by atoms with Crippen molar-refractivity contribution in [3.8, 4) is 5.75 Å². The van der Waals surface area contributed by atoms with Crippen molar-refractivity contribution >= 4 is 10.0 Å². The van der Waals surface area contributed by atoms with Gasteiger partial charge in [-0.2, -0.15) is 4.31 Å². The van der Waals surface area contributed by atoms with Gasteiger partial charge in [-0.3, -0.25) is 0 Å². The Morgan fingerprint density at radius 2 is 1.88 bits per heavy atom. The van der Waals surface area contributed by atoms with Crippen LogP contribution in [0.3, 0.4) is 0 Å². The molecule has 1 aliphatic carbocycles. The summed E-state index contributed by atoms with van der Waals surface area (Å²) in [5.41, 5.74) is 3.20. The zero-order valence-corrected chi connectivity index (χ0v) is 14.6. The first-order chi connectivity index (χ1) is 11.5. The second-order valence-corrected chi connectivity index (χ2v) is 8.53. The van der Waals surface area contributed by atoms with Crippen LogP contribution in [0, 0.1) is 6.92 Å². The average Bonchev–Trinajstić information content (AvgIpc) is 3.30. The van der Waals surface area contributed by atoms with E-state index in [1.165, 1.54) is 5.56 Å². The summed E-state index contributed by atoms with van der Waals surface area (Å²) < 4.78 is 33.5. The minimum Gasteiger partial charge on any atom is -0.493 e. The second kappa shape index (κ2) is 5.90. The van der Waals surface area contributed by atoms with Crippen LogP contribution in [0.25, 0.3) is 0 Å². The van der Waals surface area contributed by atoms with Crippen LogP contribution in [0.15, 0.2) is 47.4 Å². The van der Waals surface area contributed by atoms with Gasteiger partial charge in [0.2, 0.25) is 10.0 Å². The zero-order valence-electron chi connectivity index (χ0n) is 13.7. The minimum absolute atomic E-state index is 0.126. The number of hydrogen-bond acceptors (Lipinski definition) is 3. The van der Waals surface area contributed by atoms with E-state index in [2.05, 4.69) is 0 Å². The van der Waals surface area contributed by atoms with E-state index < -0.39 is 10.0 Å². The molecule has 126 valence electrons. The number of nitrogens with zero attached hydrogens (tertiary/aromatic N) is 1. The Hall–Kier alpha value is -1.85. The van der Waals surface area contributed by atoms with E-state index in [9.17, 15) is 8.42 Å². The lowest BCUT2D eigenvalue weighted by Gasteiger charge is -2.22. The van der Waals surface area contributed by atoms with Crippen LogP contribution in [0.4, 0.5) is 0 Å². The van der Waals surface area contributed by atoms with Crippen molar-refractivity contribution in [3.05, 3.63) is 59.2 Å². The fourth-order valence-electron chi connectivity index (χ4n) is 3.11. The van der Waals surface area contributed by atoms with E-state index >= 15 is 0 Å². The highest BCUT2D eigenvalue weighted by molar-refractivity contribution is 7.89.